The summed E-state index contributed by atoms with van der Waals surface area (Å²) in [4.78, 5) is 0. The Hall–Kier alpha value is -1.28. The van der Waals surface area contributed by atoms with Crippen LogP contribution in [0.5, 0.6) is 0 Å². The van der Waals surface area contributed by atoms with E-state index in [4.69, 9.17) is 4.74 Å². The van der Waals surface area contributed by atoms with Crippen molar-refractivity contribution in [1.29, 1.82) is 0 Å². The van der Waals surface area contributed by atoms with E-state index in [9.17, 15) is 0 Å². The zero-order chi connectivity index (χ0) is 12.3. The first-order chi connectivity index (χ1) is 8.20. The Kier molecular flexibility index (Phi) is 3.85. The SMILES string of the molecule is CNC(Cc1cc(C)ccc1C)C1=CCCO1. The molecule has 0 aromatic heterocycles. The Morgan fingerprint density at radius 2 is 2.18 bits per heavy atom. The normalized spacial score (nSPS) is 16.5. The van der Waals surface area contributed by atoms with Gasteiger partial charge in [0.15, 0.2) is 0 Å². The Morgan fingerprint density at radius 3 is 2.82 bits per heavy atom. The largest absolute Gasteiger partial charge is 0.496 e. The van der Waals surface area contributed by atoms with E-state index in [1.165, 1.54) is 16.7 Å². The number of likely N-dealkylation sites (N-methyl/N-ethyl adjacent to an activating group) is 1. The van der Waals surface area contributed by atoms with E-state index in [0.717, 1.165) is 25.2 Å². The molecule has 0 aliphatic carbocycles. The second kappa shape index (κ2) is 5.37. The van der Waals surface area contributed by atoms with Crippen LogP contribution in [0.3, 0.4) is 0 Å². The van der Waals surface area contributed by atoms with E-state index in [1.54, 1.807) is 0 Å². The topological polar surface area (TPSA) is 21.3 Å². The lowest BCUT2D eigenvalue weighted by atomic mass is 9.98. The highest BCUT2D eigenvalue weighted by molar-refractivity contribution is 5.32. The highest BCUT2D eigenvalue weighted by atomic mass is 16.5. The first-order valence-corrected chi connectivity index (χ1v) is 6.27. The minimum absolute atomic E-state index is 0.304. The average Bonchev–Trinajstić information content (AvgIpc) is 2.84. The molecule has 1 aromatic rings. The van der Waals surface area contributed by atoms with Gasteiger partial charge in [-0.25, -0.2) is 0 Å². The van der Waals surface area contributed by atoms with Crippen LogP contribution in [-0.2, 0) is 11.2 Å². The van der Waals surface area contributed by atoms with Crippen molar-refractivity contribution >= 4 is 0 Å². The van der Waals surface area contributed by atoms with Crippen LogP contribution in [0.15, 0.2) is 30.0 Å². The van der Waals surface area contributed by atoms with E-state index >= 15 is 0 Å². The summed E-state index contributed by atoms with van der Waals surface area (Å²) in [6.07, 6.45) is 4.24. The van der Waals surface area contributed by atoms with Crippen molar-refractivity contribution < 1.29 is 4.74 Å². The molecular weight excluding hydrogens is 210 g/mol. The van der Waals surface area contributed by atoms with Crippen molar-refractivity contribution in [1.82, 2.24) is 5.32 Å². The first-order valence-electron chi connectivity index (χ1n) is 6.27. The predicted molar refractivity (Wildman–Crippen MR) is 71.1 cm³/mol. The van der Waals surface area contributed by atoms with Crippen molar-refractivity contribution in [2.24, 2.45) is 0 Å². The second-order valence-electron chi connectivity index (χ2n) is 4.72. The molecule has 17 heavy (non-hydrogen) atoms. The minimum Gasteiger partial charge on any atom is -0.496 e. The van der Waals surface area contributed by atoms with Gasteiger partial charge in [-0.3, -0.25) is 0 Å². The molecule has 0 saturated carbocycles. The van der Waals surface area contributed by atoms with E-state index < -0.39 is 0 Å². The average molecular weight is 231 g/mol. The standard InChI is InChI=1S/C15H21NO/c1-11-6-7-12(2)13(9-11)10-14(16-3)15-5-4-8-17-15/h5-7,9,14,16H,4,8,10H2,1-3H3. The first kappa shape index (κ1) is 12.2. The lowest BCUT2D eigenvalue weighted by Gasteiger charge is -2.19. The van der Waals surface area contributed by atoms with Crippen molar-refractivity contribution in [3.05, 3.63) is 46.7 Å². The van der Waals surface area contributed by atoms with Crippen LogP contribution in [0.2, 0.25) is 0 Å². The van der Waals surface area contributed by atoms with Gasteiger partial charge in [-0.05, 0) is 44.5 Å². The van der Waals surface area contributed by atoms with Gasteiger partial charge in [-0.2, -0.15) is 0 Å². The Bertz CT molecular complexity index is 423. The molecule has 1 unspecified atom stereocenters. The fraction of sp³-hybridized carbons (Fsp3) is 0.467. The van der Waals surface area contributed by atoms with E-state index in [2.05, 4.69) is 43.4 Å². The lowest BCUT2D eigenvalue weighted by molar-refractivity contribution is 0.217. The molecule has 0 radical (unpaired) electrons. The zero-order valence-electron chi connectivity index (χ0n) is 10.9. The molecule has 1 atom stereocenters. The van der Waals surface area contributed by atoms with Crippen LogP contribution in [0.1, 0.15) is 23.1 Å². The Morgan fingerprint density at radius 1 is 1.35 bits per heavy atom. The van der Waals surface area contributed by atoms with Gasteiger partial charge in [0.1, 0.15) is 5.76 Å². The van der Waals surface area contributed by atoms with Crippen LogP contribution < -0.4 is 5.32 Å². The molecule has 1 aromatic carbocycles. The van der Waals surface area contributed by atoms with E-state index in [-0.39, 0.29) is 0 Å². The molecule has 1 N–H and O–H groups in total. The molecule has 2 rings (SSSR count). The van der Waals surface area contributed by atoms with Gasteiger partial charge in [0.05, 0.1) is 12.6 Å². The van der Waals surface area contributed by atoms with Crippen molar-refractivity contribution in [2.45, 2.75) is 32.7 Å². The number of benzene rings is 1. The number of aryl methyl sites for hydroxylation is 2. The number of nitrogens with one attached hydrogen (secondary N) is 1. The molecule has 0 bridgehead atoms. The van der Waals surface area contributed by atoms with E-state index in [1.807, 2.05) is 7.05 Å². The molecule has 0 fully saturated rings. The highest BCUT2D eigenvalue weighted by Crippen LogP contribution is 2.19. The quantitative estimate of drug-likeness (QED) is 0.860. The lowest BCUT2D eigenvalue weighted by Crippen LogP contribution is -2.30. The highest BCUT2D eigenvalue weighted by Gasteiger charge is 2.18. The zero-order valence-corrected chi connectivity index (χ0v) is 10.9. The van der Waals surface area contributed by atoms with Crippen LogP contribution in [0, 0.1) is 13.8 Å². The smallest absolute Gasteiger partial charge is 0.109 e. The third kappa shape index (κ3) is 2.89. The van der Waals surface area contributed by atoms with Crippen molar-refractivity contribution in [2.75, 3.05) is 13.7 Å². The fourth-order valence-electron chi connectivity index (χ4n) is 2.26. The number of hydrogen-bond acceptors (Lipinski definition) is 2. The van der Waals surface area contributed by atoms with Crippen LogP contribution in [-0.4, -0.2) is 19.7 Å². The summed E-state index contributed by atoms with van der Waals surface area (Å²) in [6, 6.07) is 6.94. The molecule has 1 aliphatic rings. The summed E-state index contributed by atoms with van der Waals surface area (Å²) >= 11 is 0. The third-order valence-corrected chi connectivity index (χ3v) is 3.35. The summed E-state index contributed by atoms with van der Waals surface area (Å²) in [5.41, 5.74) is 4.08. The van der Waals surface area contributed by atoms with Crippen molar-refractivity contribution in [3.8, 4) is 0 Å². The fourth-order valence-corrected chi connectivity index (χ4v) is 2.26. The second-order valence-corrected chi connectivity index (χ2v) is 4.72. The minimum atomic E-state index is 0.304. The van der Waals surface area contributed by atoms with Crippen molar-refractivity contribution in [3.63, 3.8) is 0 Å². The van der Waals surface area contributed by atoms with Gasteiger partial charge < -0.3 is 10.1 Å². The maximum absolute atomic E-state index is 5.65. The summed E-state index contributed by atoms with van der Waals surface area (Å²) in [7, 11) is 2.00. The summed E-state index contributed by atoms with van der Waals surface area (Å²) in [5.74, 6) is 1.11. The Balaban J connectivity index is 2.15. The third-order valence-electron chi connectivity index (χ3n) is 3.35. The van der Waals surface area contributed by atoms with Gasteiger partial charge >= 0.3 is 0 Å². The summed E-state index contributed by atoms with van der Waals surface area (Å²) in [5, 5.41) is 3.35. The predicted octanol–water partition coefficient (Wildman–Crippen LogP) is 2.74. The molecular formula is C15H21NO. The van der Waals surface area contributed by atoms with Gasteiger partial charge in [-0.15, -0.1) is 0 Å². The molecule has 0 saturated heterocycles. The summed E-state index contributed by atoms with van der Waals surface area (Å²) < 4.78 is 5.65. The molecule has 0 amide bonds. The molecule has 2 heteroatoms. The molecule has 92 valence electrons. The van der Waals surface area contributed by atoms with Gasteiger partial charge in [0, 0.05) is 6.42 Å². The number of ether oxygens (including phenoxy) is 1. The monoisotopic (exact) mass is 231 g/mol. The van der Waals surface area contributed by atoms with Gasteiger partial charge in [0.2, 0.25) is 0 Å². The maximum atomic E-state index is 5.65. The molecule has 0 spiro atoms. The summed E-state index contributed by atoms with van der Waals surface area (Å²) in [6.45, 7) is 5.15. The van der Waals surface area contributed by atoms with Gasteiger partial charge in [-0.1, -0.05) is 23.8 Å². The number of hydrogen-bond donors (Lipinski definition) is 1. The van der Waals surface area contributed by atoms with Crippen LogP contribution in [0.4, 0.5) is 0 Å². The maximum Gasteiger partial charge on any atom is 0.109 e. The Labute approximate surface area is 104 Å². The van der Waals surface area contributed by atoms with Gasteiger partial charge in [0.25, 0.3) is 0 Å². The molecule has 2 nitrogen and oxygen atoms in total. The molecule has 1 aliphatic heterocycles. The van der Waals surface area contributed by atoms with E-state index in [0.29, 0.717) is 6.04 Å². The molecule has 1 heterocycles. The number of rotatable bonds is 4. The van der Waals surface area contributed by atoms with Crippen LogP contribution in [0.25, 0.3) is 0 Å². The van der Waals surface area contributed by atoms with Crippen LogP contribution >= 0.6 is 0 Å².